The van der Waals surface area contributed by atoms with Crippen LogP contribution in [0, 0.1) is 0 Å². The first-order chi connectivity index (χ1) is 11.1. The van der Waals surface area contributed by atoms with E-state index in [1.165, 1.54) is 0 Å². The number of nitrogens with zero attached hydrogens (tertiary/aromatic N) is 4. The van der Waals surface area contributed by atoms with Crippen molar-refractivity contribution in [2.24, 2.45) is 0 Å². The Bertz CT molecular complexity index is 282. The lowest BCUT2D eigenvalue weighted by atomic mass is 10.5. The Morgan fingerprint density at radius 3 is 1.00 bits per heavy atom. The highest BCUT2D eigenvalue weighted by molar-refractivity contribution is 7.66. The van der Waals surface area contributed by atoms with Gasteiger partial charge in [-0.3, -0.25) is 0 Å². The summed E-state index contributed by atoms with van der Waals surface area (Å²) in [4.78, 5) is 0. The molecule has 136 valence electrons. The maximum absolute atomic E-state index is 4.02. The summed E-state index contributed by atoms with van der Waals surface area (Å²) in [6, 6.07) is 0. The Labute approximate surface area is 146 Å². The summed E-state index contributed by atoms with van der Waals surface area (Å²) in [6.45, 7) is 29.9. The minimum atomic E-state index is -1.78. The predicted molar refractivity (Wildman–Crippen MR) is 108 cm³/mol. The molecule has 23 heavy (non-hydrogen) atoms. The molecule has 0 aromatic carbocycles. The normalized spacial score (nSPS) is 12.6. The molecule has 0 N–H and O–H groups in total. The average molecular weight is 344 g/mol. The van der Waals surface area contributed by atoms with Crippen LogP contribution in [-0.2, 0) is 0 Å². The molecule has 5 heteroatoms. The lowest BCUT2D eigenvalue weighted by Gasteiger charge is -2.50. The Balaban J connectivity index is 6.38. The second-order valence-electron chi connectivity index (χ2n) is 5.40. The molecule has 0 rings (SSSR count). The van der Waals surface area contributed by atoms with Gasteiger partial charge < -0.3 is 0 Å². The summed E-state index contributed by atoms with van der Waals surface area (Å²) in [7, 11) is -1.78. The molecular weight excluding hydrogens is 303 g/mol. The van der Waals surface area contributed by atoms with E-state index in [0.717, 1.165) is 52.4 Å². The van der Waals surface area contributed by atoms with E-state index in [1.54, 1.807) is 0 Å². The van der Waals surface area contributed by atoms with Crippen molar-refractivity contribution in [1.82, 2.24) is 18.7 Å². The Morgan fingerprint density at radius 1 is 0.565 bits per heavy atom. The molecule has 0 fully saturated rings. The van der Waals surface area contributed by atoms with Crippen LogP contribution in [0.5, 0.6) is 0 Å². The molecule has 0 aromatic rings. The van der Waals surface area contributed by atoms with Gasteiger partial charge in [0.05, 0.1) is 13.1 Å². The van der Waals surface area contributed by atoms with E-state index >= 15 is 0 Å². The first-order valence-corrected chi connectivity index (χ1v) is 10.8. The SMILES string of the molecule is C=CCN(CC=C)[P+](N(CC)CC)(N(CC)CC)N(CC)CC. The zero-order valence-electron chi connectivity index (χ0n) is 16.5. The van der Waals surface area contributed by atoms with Gasteiger partial charge in [-0.2, -0.15) is 0 Å². The highest BCUT2D eigenvalue weighted by atomic mass is 31.2. The van der Waals surface area contributed by atoms with Crippen molar-refractivity contribution in [3.63, 3.8) is 0 Å². The fraction of sp³-hybridized carbons (Fsp3) is 0.778. The van der Waals surface area contributed by atoms with Crippen LogP contribution in [0.4, 0.5) is 0 Å². The standard InChI is InChI=1S/C18H40N4P/c1-9-17-22(18-10-2)23(19(11-3)12-4,20(13-5)14-6)21(15-7)16-8/h9-10H,1-2,11-18H2,3-8H3/q+1. The molecule has 0 heterocycles. The highest BCUT2D eigenvalue weighted by Crippen LogP contribution is 2.69. The van der Waals surface area contributed by atoms with Crippen LogP contribution in [0.1, 0.15) is 41.5 Å². The van der Waals surface area contributed by atoms with Gasteiger partial charge in [0.15, 0.2) is 0 Å². The number of rotatable bonds is 14. The van der Waals surface area contributed by atoms with Crippen molar-refractivity contribution in [2.45, 2.75) is 41.5 Å². The fourth-order valence-electron chi connectivity index (χ4n) is 3.47. The zero-order valence-corrected chi connectivity index (χ0v) is 17.4. The van der Waals surface area contributed by atoms with E-state index in [4.69, 9.17) is 0 Å². The number of hydrogen-bond acceptors (Lipinski definition) is 4. The van der Waals surface area contributed by atoms with Crippen LogP contribution in [0.3, 0.4) is 0 Å². The van der Waals surface area contributed by atoms with E-state index < -0.39 is 7.87 Å². The van der Waals surface area contributed by atoms with Gasteiger partial charge >= 0.3 is 7.87 Å². The van der Waals surface area contributed by atoms with Crippen molar-refractivity contribution in [3.05, 3.63) is 25.3 Å². The van der Waals surface area contributed by atoms with Crippen molar-refractivity contribution in [2.75, 3.05) is 52.4 Å². The molecule has 4 nitrogen and oxygen atoms in total. The summed E-state index contributed by atoms with van der Waals surface area (Å²) in [5.74, 6) is 0. The Hall–Kier alpha value is -0.250. The fourth-order valence-corrected chi connectivity index (χ4v) is 8.57. The van der Waals surface area contributed by atoms with Gasteiger partial charge in [0, 0.05) is 39.3 Å². The third kappa shape index (κ3) is 4.87. The van der Waals surface area contributed by atoms with Crippen molar-refractivity contribution in [1.29, 1.82) is 0 Å². The monoisotopic (exact) mass is 343 g/mol. The lowest BCUT2D eigenvalue weighted by Crippen LogP contribution is -2.53. The van der Waals surface area contributed by atoms with Crippen LogP contribution in [-0.4, -0.2) is 71.0 Å². The molecule has 0 aliphatic rings. The van der Waals surface area contributed by atoms with Gasteiger partial charge in [-0.15, -0.1) is 31.8 Å². The topological polar surface area (TPSA) is 13.0 Å². The molecule has 0 aromatic heterocycles. The van der Waals surface area contributed by atoms with Gasteiger partial charge in [-0.05, 0) is 41.5 Å². The molecule has 0 aliphatic carbocycles. The van der Waals surface area contributed by atoms with Crippen LogP contribution in [0.25, 0.3) is 0 Å². The first kappa shape index (κ1) is 22.8. The quantitative estimate of drug-likeness (QED) is 0.343. The first-order valence-electron chi connectivity index (χ1n) is 9.21. The second kappa shape index (κ2) is 12.2. The Kier molecular flexibility index (Phi) is 12.0. The van der Waals surface area contributed by atoms with Crippen LogP contribution < -0.4 is 0 Å². The molecule has 0 unspecified atom stereocenters. The van der Waals surface area contributed by atoms with Gasteiger partial charge in [0.2, 0.25) is 0 Å². The molecule has 0 aliphatic heterocycles. The second-order valence-corrected chi connectivity index (χ2v) is 8.74. The van der Waals surface area contributed by atoms with E-state index in [1.807, 2.05) is 12.2 Å². The highest BCUT2D eigenvalue weighted by Gasteiger charge is 2.58. The maximum atomic E-state index is 4.02. The van der Waals surface area contributed by atoms with Gasteiger partial charge in [0.1, 0.15) is 0 Å². The molecular formula is C18H40N4P+. The molecule has 0 saturated heterocycles. The average Bonchev–Trinajstić information content (AvgIpc) is 2.57. The molecule has 0 atom stereocenters. The van der Waals surface area contributed by atoms with Gasteiger partial charge in [-0.25, -0.2) is 0 Å². The van der Waals surface area contributed by atoms with Crippen LogP contribution in [0.2, 0.25) is 0 Å². The van der Waals surface area contributed by atoms with Crippen molar-refractivity contribution in [3.8, 4) is 0 Å². The third-order valence-electron chi connectivity index (χ3n) is 4.39. The van der Waals surface area contributed by atoms with E-state index in [-0.39, 0.29) is 0 Å². The number of hydrogen-bond donors (Lipinski definition) is 0. The molecule has 0 amide bonds. The molecule has 0 spiro atoms. The zero-order chi connectivity index (χ0) is 17.9. The summed E-state index contributed by atoms with van der Waals surface area (Å²) in [5.41, 5.74) is 0. The Morgan fingerprint density at radius 2 is 0.826 bits per heavy atom. The minimum absolute atomic E-state index is 0.892. The van der Waals surface area contributed by atoms with E-state index in [9.17, 15) is 0 Å². The van der Waals surface area contributed by atoms with Crippen molar-refractivity contribution >= 4 is 7.87 Å². The summed E-state index contributed by atoms with van der Waals surface area (Å²) in [5, 5.41) is 0. The minimum Gasteiger partial charge on any atom is -0.134 e. The molecule has 0 saturated carbocycles. The van der Waals surface area contributed by atoms with E-state index in [0.29, 0.717) is 0 Å². The molecule has 0 radical (unpaired) electrons. The van der Waals surface area contributed by atoms with Crippen LogP contribution in [0.15, 0.2) is 25.3 Å². The molecule has 0 bridgehead atoms. The third-order valence-corrected chi connectivity index (χ3v) is 9.45. The summed E-state index contributed by atoms with van der Waals surface area (Å²) >= 11 is 0. The van der Waals surface area contributed by atoms with Gasteiger partial charge in [0.25, 0.3) is 0 Å². The summed E-state index contributed by atoms with van der Waals surface area (Å²) < 4.78 is 10.7. The van der Waals surface area contributed by atoms with E-state index in [2.05, 4.69) is 73.4 Å². The lowest BCUT2D eigenvalue weighted by molar-refractivity contribution is 0.270. The predicted octanol–water partition coefficient (Wildman–Crippen LogP) is 4.36. The van der Waals surface area contributed by atoms with Crippen LogP contribution >= 0.6 is 7.87 Å². The van der Waals surface area contributed by atoms with Gasteiger partial charge in [-0.1, -0.05) is 12.2 Å². The summed E-state index contributed by atoms with van der Waals surface area (Å²) in [6.07, 6.45) is 4.07. The van der Waals surface area contributed by atoms with Crippen molar-refractivity contribution < 1.29 is 0 Å². The maximum Gasteiger partial charge on any atom is 0.309 e. The largest absolute Gasteiger partial charge is 0.309 e. The smallest absolute Gasteiger partial charge is 0.134 e.